The Morgan fingerprint density at radius 1 is 1.35 bits per heavy atom. The molecule has 6 heteroatoms. The van der Waals surface area contributed by atoms with Gasteiger partial charge >= 0.3 is 12.1 Å². The van der Waals surface area contributed by atoms with E-state index in [1.54, 1.807) is 4.90 Å². The van der Waals surface area contributed by atoms with Gasteiger partial charge in [-0.25, -0.2) is 4.79 Å². The van der Waals surface area contributed by atoms with Crippen LogP contribution in [0.4, 0.5) is 4.79 Å². The van der Waals surface area contributed by atoms with E-state index in [-0.39, 0.29) is 36.0 Å². The fraction of sp³-hybridized carbons (Fsp3) is 0.714. The number of fused-ring (bicyclic) bond motifs is 2. The second-order valence-corrected chi connectivity index (χ2v) is 6.40. The molecule has 3 atom stereocenters. The molecule has 1 fully saturated rings. The van der Waals surface area contributed by atoms with Crippen LogP contribution in [-0.2, 0) is 14.3 Å². The second-order valence-electron chi connectivity index (χ2n) is 6.18. The lowest BCUT2D eigenvalue weighted by atomic mass is 9.78. The number of alkyl halides is 1. The number of carbonyl (C=O) groups is 2. The zero-order chi connectivity index (χ0) is 14.9. The van der Waals surface area contributed by atoms with E-state index in [1.807, 2.05) is 26.8 Å². The van der Waals surface area contributed by atoms with E-state index < -0.39 is 5.60 Å². The van der Waals surface area contributed by atoms with Crippen molar-refractivity contribution < 1.29 is 19.1 Å². The van der Waals surface area contributed by atoms with E-state index in [0.29, 0.717) is 13.0 Å². The van der Waals surface area contributed by atoms with Gasteiger partial charge in [-0.05, 0) is 33.1 Å². The molecule has 3 unspecified atom stereocenters. The molecular formula is C14H20ClNO4. The highest BCUT2D eigenvalue weighted by atomic mass is 35.5. The van der Waals surface area contributed by atoms with Crippen LogP contribution in [0.5, 0.6) is 0 Å². The summed E-state index contributed by atoms with van der Waals surface area (Å²) in [6.45, 7) is 6.05. The quantitative estimate of drug-likeness (QED) is 0.447. The van der Waals surface area contributed by atoms with Crippen LogP contribution in [0.1, 0.15) is 27.2 Å². The largest absolute Gasteiger partial charge is 0.449 e. The predicted octanol–water partition coefficient (Wildman–Crippen LogP) is 2.54. The highest BCUT2D eigenvalue weighted by Gasteiger charge is 2.45. The van der Waals surface area contributed by atoms with Gasteiger partial charge in [-0.3, -0.25) is 4.79 Å². The van der Waals surface area contributed by atoms with Gasteiger partial charge in [0.05, 0.1) is 12.0 Å². The number of hydrogen-bond acceptors (Lipinski definition) is 4. The topological polar surface area (TPSA) is 55.8 Å². The molecule has 0 aromatic carbocycles. The summed E-state index contributed by atoms with van der Waals surface area (Å²) in [4.78, 5) is 25.8. The summed E-state index contributed by atoms with van der Waals surface area (Å²) in [5.74, 6) is -0.543. The molecule has 2 heterocycles. The van der Waals surface area contributed by atoms with Gasteiger partial charge in [-0.2, -0.15) is 0 Å². The highest BCUT2D eigenvalue weighted by molar-refractivity contribution is 6.17. The molecular weight excluding hydrogens is 282 g/mol. The maximum atomic E-state index is 12.2. The third-order valence-electron chi connectivity index (χ3n) is 3.47. The molecule has 0 spiro atoms. The number of hydrogen-bond donors (Lipinski definition) is 0. The van der Waals surface area contributed by atoms with Gasteiger partial charge in [0.15, 0.2) is 6.07 Å². The molecule has 20 heavy (non-hydrogen) atoms. The van der Waals surface area contributed by atoms with Gasteiger partial charge < -0.3 is 14.4 Å². The van der Waals surface area contributed by atoms with E-state index >= 15 is 0 Å². The smallest absolute Gasteiger partial charge is 0.410 e. The van der Waals surface area contributed by atoms with Crippen molar-refractivity contribution in [1.29, 1.82) is 0 Å². The number of piperidine rings is 1. The van der Waals surface area contributed by atoms with E-state index in [9.17, 15) is 9.59 Å². The van der Waals surface area contributed by atoms with Gasteiger partial charge in [0.2, 0.25) is 0 Å². The third-order valence-corrected chi connectivity index (χ3v) is 3.58. The number of ether oxygens (including phenoxy) is 2. The zero-order valence-corrected chi connectivity index (χ0v) is 12.7. The number of rotatable bonds is 2. The molecule has 0 N–H and O–H groups in total. The first-order valence-corrected chi connectivity index (χ1v) is 7.26. The Kier molecular flexibility index (Phi) is 4.28. The first-order valence-electron chi connectivity index (χ1n) is 6.72. The van der Waals surface area contributed by atoms with Crippen LogP contribution in [0.25, 0.3) is 0 Å². The van der Waals surface area contributed by atoms with Crippen LogP contribution in [0.3, 0.4) is 0 Å². The van der Waals surface area contributed by atoms with E-state index in [0.717, 1.165) is 0 Å². The van der Waals surface area contributed by atoms with E-state index in [4.69, 9.17) is 21.1 Å². The number of esters is 1. The summed E-state index contributed by atoms with van der Waals surface area (Å²) in [6, 6.07) is -0.464. The summed E-state index contributed by atoms with van der Waals surface area (Å²) < 4.78 is 10.3. The van der Waals surface area contributed by atoms with Gasteiger partial charge in [0, 0.05) is 6.54 Å². The number of nitrogens with zero attached hydrogens (tertiary/aromatic N) is 1. The second kappa shape index (κ2) is 5.64. The van der Waals surface area contributed by atoms with Crippen LogP contribution < -0.4 is 0 Å². The molecule has 1 aliphatic carbocycles. The maximum absolute atomic E-state index is 12.2. The Hall–Kier alpha value is -1.23. The Bertz CT molecular complexity index is 429. The number of amides is 1. The van der Waals surface area contributed by atoms with Crippen LogP contribution in [0.2, 0.25) is 0 Å². The average Bonchev–Trinajstić information content (AvgIpc) is 2.37. The van der Waals surface area contributed by atoms with Crippen LogP contribution in [-0.4, -0.2) is 41.2 Å². The normalized spacial score (nSPS) is 28.4. The molecule has 0 aromatic rings. The fourth-order valence-corrected chi connectivity index (χ4v) is 2.80. The summed E-state index contributed by atoms with van der Waals surface area (Å²) in [5, 5.41) is 0. The molecule has 2 aliphatic heterocycles. The molecule has 0 aromatic heterocycles. The third kappa shape index (κ3) is 3.26. The first kappa shape index (κ1) is 15.2. The van der Waals surface area contributed by atoms with Crippen LogP contribution in [0, 0.1) is 11.8 Å². The fourth-order valence-electron chi connectivity index (χ4n) is 2.69. The summed E-state index contributed by atoms with van der Waals surface area (Å²) in [5.41, 5.74) is -0.552. The zero-order valence-electron chi connectivity index (χ0n) is 12.0. The maximum Gasteiger partial charge on any atom is 0.410 e. The summed E-state index contributed by atoms with van der Waals surface area (Å²) in [7, 11) is 0. The Labute approximate surface area is 123 Å². The van der Waals surface area contributed by atoms with Crippen LogP contribution in [0.15, 0.2) is 12.2 Å². The minimum atomic E-state index is -0.552. The molecule has 1 saturated heterocycles. The van der Waals surface area contributed by atoms with Crippen molar-refractivity contribution in [1.82, 2.24) is 4.90 Å². The van der Waals surface area contributed by atoms with Crippen molar-refractivity contribution in [3.63, 3.8) is 0 Å². The number of carbonyl (C=O) groups excluding carboxylic acids is 2. The monoisotopic (exact) mass is 301 g/mol. The highest BCUT2D eigenvalue weighted by Crippen LogP contribution is 2.36. The molecule has 0 radical (unpaired) electrons. The standard InChI is InChI=1S/C14H20ClNO4/c1-14(2,3)20-13(18)16-7-9-4-5-11(16)10(6-9)12(17)19-8-15/h4-5,9-11H,6-8H2,1-3H3. The Balaban J connectivity index is 2.11. The molecule has 3 rings (SSSR count). The van der Waals surface area contributed by atoms with Crippen molar-refractivity contribution in [3.05, 3.63) is 12.2 Å². The molecule has 1 amide bonds. The van der Waals surface area contributed by atoms with Gasteiger partial charge in [-0.1, -0.05) is 23.8 Å². The minimum Gasteiger partial charge on any atom is -0.449 e. The van der Waals surface area contributed by atoms with Crippen molar-refractivity contribution in [2.75, 3.05) is 12.6 Å². The van der Waals surface area contributed by atoms with Crippen molar-refractivity contribution in [2.24, 2.45) is 11.8 Å². The van der Waals surface area contributed by atoms with Gasteiger partial charge in [0.1, 0.15) is 5.60 Å². The van der Waals surface area contributed by atoms with E-state index in [2.05, 4.69) is 6.08 Å². The molecule has 5 nitrogen and oxygen atoms in total. The lowest BCUT2D eigenvalue weighted by molar-refractivity contribution is -0.150. The summed E-state index contributed by atoms with van der Waals surface area (Å²) >= 11 is 5.44. The molecule has 2 bridgehead atoms. The minimum absolute atomic E-state index is 0.164. The molecule has 0 saturated carbocycles. The Morgan fingerprint density at radius 3 is 2.60 bits per heavy atom. The average molecular weight is 302 g/mol. The van der Waals surface area contributed by atoms with Crippen molar-refractivity contribution in [3.8, 4) is 0 Å². The lowest BCUT2D eigenvalue weighted by Gasteiger charge is -2.45. The van der Waals surface area contributed by atoms with Crippen molar-refractivity contribution in [2.45, 2.75) is 38.8 Å². The van der Waals surface area contributed by atoms with Gasteiger partial charge in [0.25, 0.3) is 0 Å². The Morgan fingerprint density at radius 2 is 2.05 bits per heavy atom. The lowest BCUT2D eigenvalue weighted by Crippen LogP contribution is -2.56. The van der Waals surface area contributed by atoms with Crippen LogP contribution >= 0.6 is 11.6 Å². The van der Waals surface area contributed by atoms with Gasteiger partial charge in [-0.15, -0.1) is 0 Å². The predicted molar refractivity (Wildman–Crippen MR) is 74.3 cm³/mol. The first-order chi connectivity index (χ1) is 9.31. The number of halogens is 1. The van der Waals surface area contributed by atoms with Crippen molar-refractivity contribution >= 4 is 23.7 Å². The SMILES string of the molecule is CC(C)(C)OC(=O)N1CC2C=CC1C(C(=O)OCCl)C2. The molecule has 3 aliphatic rings. The van der Waals surface area contributed by atoms with E-state index in [1.165, 1.54) is 0 Å². The summed E-state index contributed by atoms with van der Waals surface area (Å²) in [6.07, 6.45) is 4.24. The molecule has 112 valence electrons.